The molecule has 0 fully saturated rings. The van der Waals surface area contributed by atoms with Crippen LogP contribution in [0, 0.1) is 5.82 Å². The molecule has 2 aromatic carbocycles. The fourth-order valence-corrected chi connectivity index (χ4v) is 2.34. The van der Waals surface area contributed by atoms with Gasteiger partial charge >= 0.3 is 0 Å². The molecule has 5 heteroatoms. The standard InChI is InChI=1S/C15H14BrFO3/c1-19-13-6-4-10(17)8-12(13)15(18)11-5-3-9(16)7-14(11)20-2/h3-8,15,18H,1-2H3. The molecule has 106 valence electrons. The van der Waals surface area contributed by atoms with Gasteiger partial charge in [0.25, 0.3) is 0 Å². The van der Waals surface area contributed by atoms with E-state index < -0.39 is 11.9 Å². The molecule has 0 saturated heterocycles. The molecule has 1 unspecified atom stereocenters. The lowest BCUT2D eigenvalue weighted by Crippen LogP contribution is -2.05. The van der Waals surface area contributed by atoms with E-state index in [0.717, 1.165) is 4.47 Å². The Morgan fingerprint density at radius 1 is 1.00 bits per heavy atom. The Hall–Kier alpha value is -1.59. The van der Waals surface area contributed by atoms with Crippen molar-refractivity contribution in [2.75, 3.05) is 14.2 Å². The van der Waals surface area contributed by atoms with Crippen LogP contribution in [0.4, 0.5) is 4.39 Å². The van der Waals surface area contributed by atoms with E-state index in [1.54, 1.807) is 18.2 Å². The highest BCUT2D eigenvalue weighted by atomic mass is 79.9. The van der Waals surface area contributed by atoms with Gasteiger partial charge in [0.05, 0.1) is 14.2 Å². The lowest BCUT2D eigenvalue weighted by atomic mass is 9.99. The zero-order chi connectivity index (χ0) is 14.7. The Labute approximate surface area is 125 Å². The first-order valence-electron chi connectivity index (χ1n) is 5.91. The van der Waals surface area contributed by atoms with Crippen LogP contribution in [0.1, 0.15) is 17.2 Å². The van der Waals surface area contributed by atoms with Gasteiger partial charge in [-0.05, 0) is 30.3 Å². The first kappa shape index (κ1) is 14.8. The van der Waals surface area contributed by atoms with Crippen LogP contribution in [-0.2, 0) is 0 Å². The number of aliphatic hydroxyl groups excluding tert-OH is 1. The number of hydrogen-bond acceptors (Lipinski definition) is 3. The minimum Gasteiger partial charge on any atom is -0.496 e. The van der Waals surface area contributed by atoms with E-state index in [2.05, 4.69) is 15.9 Å². The monoisotopic (exact) mass is 340 g/mol. The van der Waals surface area contributed by atoms with Gasteiger partial charge in [0.2, 0.25) is 0 Å². The normalized spacial score (nSPS) is 12.1. The van der Waals surface area contributed by atoms with Crippen molar-refractivity contribution in [2.45, 2.75) is 6.10 Å². The van der Waals surface area contributed by atoms with Gasteiger partial charge in [0, 0.05) is 15.6 Å². The average molecular weight is 341 g/mol. The maximum atomic E-state index is 13.4. The first-order chi connectivity index (χ1) is 9.56. The molecule has 0 spiro atoms. The van der Waals surface area contributed by atoms with E-state index in [0.29, 0.717) is 22.6 Å². The molecule has 0 aliphatic rings. The van der Waals surface area contributed by atoms with Crippen LogP contribution in [0.5, 0.6) is 11.5 Å². The van der Waals surface area contributed by atoms with Crippen LogP contribution < -0.4 is 9.47 Å². The van der Waals surface area contributed by atoms with E-state index in [4.69, 9.17) is 9.47 Å². The molecule has 0 amide bonds. The number of ether oxygens (including phenoxy) is 2. The van der Waals surface area contributed by atoms with Crippen LogP contribution in [-0.4, -0.2) is 19.3 Å². The zero-order valence-corrected chi connectivity index (χ0v) is 12.6. The number of benzene rings is 2. The van der Waals surface area contributed by atoms with Gasteiger partial charge < -0.3 is 14.6 Å². The third kappa shape index (κ3) is 2.94. The summed E-state index contributed by atoms with van der Waals surface area (Å²) in [7, 11) is 2.99. The molecule has 0 saturated carbocycles. The van der Waals surface area contributed by atoms with Crippen molar-refractivity contribution in [1.29, 1.82) is 0 Å². The fraction of sp³-hybridized carbons (Fsp3) is 0.200. The largest absolute Gasteiger partial charge is 0.496 e. The number of rotatable bonds is 4. The van der Waals surface area contributed by atoms with Gasteiger partial charge in [-0.15, -0.1) is 0 Å². The van der Waals surface area contributed by atoms with Gasteiger partial charge in [-0.3, -0.25) is 0 Å². The van der Waals surface area contributed by atoms with Gasteiger partial charge in [-0.2, -0.15) is 0 Å². The lowest BCUT2D eigenvalue weighted by molar-refractivity contribution is 0.209. The molecule has 2 aromatic rings. The topological polar surface area (TPSA) is 38.7 Å². The second-order valence-electron chi connectivity index (χ2n) is 4.18. The number of methoxy groups -OCH3 is 2. The molecular formula is C15H14BrFO3. The molecule has 2 rings (SSSR count). The Kier molecular flexibility index (Phi) is 4.62. The minimum absolute atomic E-state index is 0.355. The van der Waals surface area contributed by atoms with Gasteiger partial charge in [0.15, 0.2) is 0 Å². The number of halogens is 2. The predicted octanol–water partition coefficient (Wildman–Crippen LogP) is 3.69. The van der Waals surface area contributed by atoms with Crippen LogP contribution in [0.15, 0.2) is 40.9 Å². The van der Waals surface area contributed by atoms with Gasteiger partial charge in [-0.25, -0.2) is 4.39 Å². The third-order valence-electron chi connectivity index (χ3n) is 2.98. The maximum Gasteiger partial charge on any atom is 0.126 e. The van der Waals surface area contributed by atoms with E-state index in [1.165, 1.54) is 32.4 Å². The van der Waals surface area contributed by atoms with Crippen molar-refractivity contribution in [2.24, 2.45) is 0 Å². The lowest BCUT2D eigenvalue weighted by Gasteiger charge is -2.18. The number of aliphatic hydroxyl groups is 1. The summed E-state index contributed by atoms with van der Waals surface area (Å²) in [6, 6.07) is 9.27. The van der Waals surface area contributed by atoms with Crippen LogP contribution in [0.2, 0.25) is 0 Å². The second kappa shape index (κ2) is 6.24. The molecule has 0 aromatic heterocycles. The molecule has 1 N–H and O–H groups in total. The highest BCUT2D eigenvalue weighted by Gasteiger charge is 2.20. The molecule has 1 atom stereocenters. The average Bonchev–Trinajstić information content (AvgIpc) is 2.46. The van der Waals surface area contributed by atoms with Crippen molar-refractivity contribution in [3.8, 4) is 11.5 Å². The van der Waals surface area contributed by atoms with Gasteiger partial charge in [0.1, 0.15) is 23.4 Å². The summed E-state index contributed by atoms with van der Waals surface area (Å²) >= 11 is 3.34. The summed E-state index contributed by atoms with van der Waals surface area (Å²) in [6.07, 6.45) is -1.04. The van der Waals surface area contributed by atoms with Crippen molar-refractivity contribution < 1.29 is 19.0 Å². The van der Waals surface area contributed by atoms with Crippen LogP contribution >= 0.6 is 15.9 Å². The Morgan fingerprint density at radius 3 is 2.35 bits per heavy atom. The molecule has 3 nitrogen and oxygen atoms in total. The summed E-state index contributed by atoms with van der Waals surface area (Å²) in [5.41, 5.74) is 0.896. The predicted molar refractivity (Wildman–Crippen MR) is 77.7 cm³/mol. The molecule has 0 aliphatic carbocycles. The Bertz CT molecular complexity index is 616. The minimum atomic E-state index is -1.04. The van der Waals surface area contributed by atoms with E-state index in [9.17, 15) is 9.50 Å². The quantitative estimate of drug-likeness (QED) is 0.922. The molecular weight excluding hydrogens is 327 g/mol. The van der Waals surface area contributed by atoms with Gasteiger partial charge in [-0.1, -0.05) is 22.0 Å². The van der Waals surface area contributed by atoms with E-state index >= 15 is 0 Å². The van der Waals surface area contributed by atoms with E-state index in [1.807, 2.05) is 0 Å². The molecule has 0 heterocycles. The molecule has 0 radical (unpaired) electrons. The molecule has 0 aliphatic heterocycles. The molecule has 0 bridgehead atoms. The maximum absolute atomic E-state index is 13.4. The first-order valence-corrected chi connectivity index (χ1v) is 6.71. The van der Waals surface area contributed by atoms with Crippen molar-refractivity contribution in [3.63, 3.8) is 0 Å². The zero-order valence-electron chi connectivity index (χ0n) is 11.1. The second-order valence-corrected chi connectivity index (χ2v) is 5.09. The Balaban J connectivity index is 2.51. The SMILES string of the molecule is COc1cc(Br)ccc1C(O)c1cc(F)ccc1OC. The van der Waals surface area contributed by atoms with Crippen LogP contribution in [0.25, 0.3) is 0 Å². The van der Waals surface area contributed by atoms with Crippen LogP contribution in [0.3, 0.4) is 0 Å². The number of hydrogen-bond donors (Lipinski definition) is 1. The Morgan fingerprint density at radius 2 is 1.70 bits per heavy atom. The highest BCUT2D eigenvalue weighted by Crippen LogP contribution is 2.36. The summed E-state index contributed by atoms with van der Waals surface area (Å²) < 4.78 is 24.6. The fourth-order valence-electron chi connectivity index (χ4n) is 2.00. The van der Waals surface area contributed by atoms with Crippen molar-refractivity contribution in [3.05, 3.63) is 57.8 Å². The summed E-state index contributed by atoms with van der Waals surface area (Å²) in [4.78, 5) is 0. The summed E-state index contributed by atoms with van der Waals surface area (Å²) in [5.74, 6) is 0.498. The summed E-state index contributed by atoms with van der Waals surface area (Å²) in [6.45, 7) is 0. The smallest absolute Gasteiger partial charge is 0.126 e. The third-order valence-corrected chi connectivity index (χ3v) is 3.47. The molecule has 20 heavy (non-hydrogen) atoms. The van der Waals surface area contributed by atoms with E-state index in [-0.39, 0.29) is 0 Å². The highest BCUT2D eigenvalue weighted by molar-refractivity contribution is 9.10. The summed E-state index contributed by atoms with van der Waals surface area (Å²) in [5, 5.41) is 10.5. The van der Waals surface area contributed by atoms with Crippen molar-refractivity contribution in [1.82, 2.24) is 0 Å². The van der Waals surface area contributed by atoms with Crippen molar-refractivity contribution >= 4 is 15.9 Å².